The number of morpholine rings is 1. The summed E-state index contributed by atoms with van der Waals surface area (Å²) in [6.45, 7) is 4.97. The molecule has 0 N–H and O–H groups in total. The molecule has 0 radical (unpaired) electrons. The number of anilines is 1. The minimum atomic E-state index is 0.115. The molecule has 1 heterocycles. The van der Waals surface area contributed by atoms with E-state index in [-0.39, 0.29) is 5.78 Å². The molecular formula is C16H17NO2. The lowest BCUT2D eigenvalue weighted by atomic mass is 10.00. The summed E-state index contributed by atoms with van der Waals surface area (Å²) in [4.78, 5) is 14.0. The SMILES string of the molecule is CC(=O)c1ccc(N2CCOCC2)c2ccccc12. The van der Waals surface area contributed by atoms with Gasteiger partial charge in [0.1, 0.15) is 0 Å². The van der Waals surface area contributed by atoms with Gasteiger partial charge in [0.25, 0.3) is 0 Å². The highest BCUT2D eigenvalue weighted by atomic mass is 16.5. The van der Waals surface area contributed by atoms with Gasteiger partial charge in [-0.2, -0.15) is 0 Å². The third kappa shape index (κ3) is 2.22. The summed E-state index contributed by atoms with van der Waals surface area (Å²) in [5.41, 5.74) is 2.00. The Kier molecular flexibility index (Phi) is 3.22. The molecule has 2 aromatic carbocycles. The van der Waals surface area contributed by atoms with Crippen LogP contribution in [0.15, 0.2) is 36.4 Å². The Labute approximate surface area is 112 Å². The van der Waals surface area contributed by atoms with Crippen molar-refractivity contribution in [3.05, 3.63) is 42.0 Å². The van der Waals surface area contributed by atoms with E-state index in [0.29, 0.717) is 0 Å². The molecule has 2 aromatic rings. The van der Waals surface area contributed by atoms with E-state index in [1.54, 1.807) is 6.92 Å². The van der Waals surface area contributed by atoms with Gasteiger partial charge in [-0.25, -0.2) is 0 Å². The van der Waals surface area contributed by atoms with Crippen molar-refractivity contribution < 1.29 is 9.53 Å². The third-order valence-corrected chi connectivity index (χ3v) is 3.63. The average Bonchev–Trinajstić information content (AvgIpc) is 2.47. The monoisotopic (exact) mass is 255 g/mol. The van der Waals surface area contributed by atoms with E-state index >= 15 is 0 Å². The second kappa shape index (κ2) is 5.02. The van der Waals surface area contributed by atoms with Crippen LogP contribution in [0.4, 0.5) is 5.69 Å². The van der Waals surface area contributed by atoms with Gasteiger partial charge in [0.15, 0.2) is 5.78 Å². The second-order valence-corrected chi connectivity index (χ2v) is 4.83. The normalized spacial score (nSPS) is 15.7. The number of nitrogens with zero attached hydrogens (tertiary/aromatic N) is 1. The number of hydrogen-bond donors (Lipinski definition) is 0. The lowest BCUT2D eigenvalue weighted by Crippen LogP contribution is -2.36. The van der Waals surface area contributed by atoms with Gasteiger partial charge < -0.3 is 9.64 Å². The molecule has 0 bridgehead atoms. The van der Waals surface area contributed by atoms with Crippen LogP contribution in [0, 0.1) is 0 Å². The van der Waals surface area contributed by atoms with Gasteiger partial charge in [-0.05, 0) is 24.4 Å². The molecule has 98 valence electrons. The molecular weight excluding hydrogens is 238 g/mol. The Morgan fingerprint density at radius 2 is 1.74 bits per heavy atom. The number of Topliss-reactive ketones (excluding diaryl/α,β-unsaturated/α-hetero) is 1. The number of carbonyl (C=O) groups excluding carboxylic acids is 1. The molecule has 1 aliphatic rings. The maximum absolute atomic E-state index is 11.7. The quantitative estimate of drug-likeness (QED) is 0.773. The summed E-state index contributed by atoms with van der Waals surface area (Å²) in [5, 5.41) is 2.19. The van der Waals surface area contributed by atoms with Gasteiger partial charge in [0, 0.05) is 29.7 Å². The van der Waals surface area contributed by atoms with E-state index < -0.39 is 0 Å². The minimum Gasteiger partial charge on any atom is -0.378 e. The Morgan fingerprint density at radius 1 is 1.05 bits per heavy atom. The zero-order valence-electron chi connectivity index (χ0n) is 11.1. The zero-order valence-corrected chi connectivity index (χ0v) is 11.1. The average molecular weight is 255 g/mol. The van der Waals surface area contributed by atoms with E-state index in [9.17, 15) is 4.79 Å². The first-order valence-electron chi connectivity index (χ1n) is 6.63. The van der Waals surface area contributed by atoms with E-state index in [1.165, 1.54) is 5.69 Å². The molecule has 1 fully saturated rings. The highest BCUT2D eigenvalue weighted by Crippen LogP contribution is 2.30. The van der Waals surface area contributed by atoms with Crippen LogP contribution in [0.25, 0.3) is 10.8 Å². The van der Waals surface area contributed by atoms with Gasteiger partial charge in [-0.3, -0.25) is 4.79 Å². The first-order valence-corrected chi connectivity index (χ1v) is 6.63. The number of rotatable bonds is 2. The van der Waals surface area contributed by atoms with Crippen LogP contribution in [0.5, 0.6) is 0 Å². The first kappa shape index (κ1) is 12.2. The number of hydrogen-bond acceptors (Lipinski definition) is 3. The number of carbonyl (C=O) groups is 1. The van der Waals surface area contributed by atoms with E-state index in [4.69, 9.17) is 4.74 Å². The van der Waals surface area contributed by atoms with Crippen LogP contribution in [0.3, 0.4) is 0 Å². The van der Waals surface area contributed by atoms with Gasteiger partial charge in [-0.15, -0.1) is 0 Å². The highest BCUT2D eigenvalue weighted by Gasteiger charge is 2.15. The topological polar surface area (TPSA) is 29.5 Å². The summed E-state index contributed by atoms with van der Waals surface area (Å²) in [5.74, 6) is 0.115. The fourth-order valence-corrected chi connectivity index (χ4v) is 2.67. The standard InChI is InChI=1S/C16H17NO2/c1-12(18)13-6-7-16(17-8-10-19-11-9-17)15-5-3-2-4-14(13)15/h2-7H,8-11H2,1H3. The van der Waals surface area contributed by atoms with Crippen LogP contribution < -0.4 is 4.90 Å². The van der Waals surface area contributed by atoms with Crippen molar-refractivity contribution in [2.45, 2.75) is 6.92 Å². The molecule has 3 nitrogen and oxygen atoms in total. The molecule has 1 aliphatic heterocycles. The molecule has 3 rings (SSSR count). The number of benzene rings is 2. The highest BCUT2D eigenvalue weighted by molar-refractivity contribution is 6.10. The summed E-state index contributed by atoms with van der Waals surface area (Å²) in [6, 6.07) is 12.1. The van der Waals surface area contributed by atoms with Gasteiger partial charge in [0.05, 0.1) is 13.2 Å². The Hall–Kier alpha value is -1.87. The van der Waals surface area contributed by atoms with Crippen molar-refractivity contribution in [3.8, 4) is 0 Å². The summed E-state index contributed by atoms with van der Waals surface area (Å²) in [6.07, 6.45) is 0. The molecule has 0 saturated carbocycles. The van der Waals surface area contributed by atoms with E-state index in [0.717, 1.165) is 42.6 Å². The van der Waals surface area contributed by atoms with Crippen molar-refractivity contribution in [3.63, 3.8) is 0 Å². The molecule has 1 saturated heterocycles. The predicted molar refractivity (Wildman–Crippen MR) is 77.0 cm³/mol. The second-order valence-electron chi connectivity index (χ2n) is 4.83. The maximum Gasteiger partial charge on any atom is 0.160 e. The van der Waals surface area contributed by atoms with Crippen LogP contribution >= 0.6 is 0 Å². The fraction of sp³-hybridized carbons (Fsp3) is 0.312. The van der Waals surface area contributed by atoms with Crippen LogP contribution in [0.1, 0.15) is 17.3 Å². The lowest BCUT2D eigenvalue weighted by molar-refractivity contribution is 0.101. The lowest BCUT2D eigenvalue weighted by Gasteiger charge is -2.30. The Morgan fingerprint density at radius 3 is 2.42 bits per heavy atom. The van der Waals surface area contributed by atoms with Crippen molar-refractivity contribution in [1.82, 2.24) is 0 Å². The fourth-order valence-electron chi connectivity index (χ4n) is 2.67. The summed E-state index contributed by atoms with van der Waals surface area (Å²) >= 11 is 0. The number of ether oxygens (including phenoxy) is 1. The molecule has 19 heavy (non-hydrogen) atoms. The summed E-state index contributed by atoms with van der Waals surface area (Å²) < 4.78 is 5.40. The molecule has 0 unspecified atom stereocenters. The largest absolute Gasteiger partial charge is 0.378 e. The Balaban J connectivity index is 2.15. The van der Waals surface area contributed by atoms with Gasteiger partial charge in [0.2, 0.25) is 0 Å². The van der Waals surface area contributed by atoms with Crippen LogP contribution in [-0.4, -0.2) is 32.1 Å². The van der Waals surface area contributed by atoms with Crippen molar-refractivity contribution in [2.24, 2.45) is 0 Å². The zero-order chi connectivity index (χ0) is 13.2. The van der Waals surface area contributed by atoms with Gasteiger partial charge in [-0.1, -0.05) is 24.3 Å². The molecule has 0 spiro atoms. The van der Waals surface area contributed by atoms with Gasteiger partial charge >= 0.3 is 0 Å². The first-order chi connectivity index (χ1) is 9.27. The molecule has 0 aliphatic carbocycles. The third-order valence-electron chi connectivity index (χ3n) is 3.63. The molecule has 0 amide bonds. The number of ketones is 1. The van der Waals surface area contributed by atoms with Crippen LogP contribution in [0.2, 0.25) is 0 Å². The van der Waals surface area contributed by atoms with E-state index in [2.05, 4.69) is 17.0 Å². The maximum atomic E-state index is 11.7. The Bertz CT molecular complexity index is 615. The van der Waals surface area contributed by atoms with Crippen molar-refractivity contribution in [1.29, 1.82) is 0 Å². The predicted octanol–water partition coefficient (Wildman–Crippen LogP) is 2.88. The molecule has 3 heteroatoms. The van der Waals surface area contributed by atoms with E-state index in [1.807, 2.05) is 24.3 Å². The molecule has 0 aromatic heterocycles. The summed E-state index contributed by atoms with van der Waals surface area (Å²) in [7, 11) is 0. The smallest absolute Gasteiger partial charge is 0.160 e. The van der Waals surface area contributed by atoms with Crippen molar-refractivity contribution >= 4 is 22.2 Å². The van der Waals surface area contributed by atoms with Crippen molar-refractivity contribution in [2.75, 3.05) is 31.2 Å². The minimum absolute atomic E-state index is 0.115. The molecule has 0 atom stereocenters. The number of fused-ring (bicyclic) bond motifs is 1. The van der Waals surface area contributed by atoms with Crippen LogP contribution in [-0.2, 0) is 4.74 Å².